The number of nitrogens with zero attached hydrogens (tertiary/aromatic N) is 4. The Bertz CT molecular complexity index is 371. The number of hydrogen-bond donors (Lipinski definition) is 0. The molecule has 0 radical (unpaired) electrons. The molecule has 0 spiro atoms. The number of aromatic nitrogens is 4. The van der Waals surface area contributed by atoms with Crippen LogP contribution in [0.3, 0.4) is 0 Å². The van der Waals surface area contributed by atoms with Crippen molar-refractivity contribution in [1.29, 1.82) is 0 Å². The van der Waals surface area contributed by atoms with Crippen LogP contribution in [0.25, 0.3) is 10.7 Å². The molecular formula is C7H6N4S. The summed E-state index contributed by atoms with van der Waals surface area (Å²) in [7, 11) is 0. The molecule has 0 amide bonds. The molecule has 2 aromatic rings. The Morgan fingerprint density at radius 2 is 2.25 bits per heavy atom. The van der Waals surface area contributed by atoms with E-state index in [0.717, 1.165) is 16.4 Å². The summed E-state index contributed by atoms with van der Waals surface area (Å²) in [6.45, 7) is 1.90. The molecule has 0 aromatic carbocycles. The highest BCUT2D eigenvalue weighted by atomic mass is 32.1. The lowest BCUT2D eigenvalue weighted by Gasteiger charge is -1.93. The number of aryl methyl sites for hydroxylation is 1. The summed E-state index contributed by atoms with van der Waals surface area (Å²) < 4.78 is 0. The molecule has 0 aliphatic heterocycles. The van der Waals surface area contributed by atoms with Crippen LogP contribution in [0.15, 0.2) is 17.9 Å². The Morgan fingerprint density at radius 3 is 2.92 bits per heavy atom. The van der Waals surface area contributed by atoms with Gasteiger partial charge in [-0.25, -0.2) is 4.98 Å². The fraction of sp³-hybridized carbons (Fsp3) is 0.143. The van der Waals surface area contributed by atoms with E-state index in [-0.39, 0.29) is 0 Å². The third kappa shape index (κ3) is 1.31. The zero-order valence-corrected chi connectivity index (χ0v) is 7.25. The van der Waals surface area contributed by atoms with Crippen LogP contribution in [0.5, 0.6) is 0 Å². The van der Waals surface area contributed by atoms with Gasteiger partial charge in [-0.05, 0) is 6.92 Å². The molecule has 60 valence electrons. The summed E-state index contributed by atoms with van der Waals surface area (Å²) >= 11 is 1.46. The van der Waals surface area contributed by atoms with E-state index in [0.29, 0.717) is 0 Å². The molecule has 0 aliphatic rings. The molecule has 0 fully saturated rings. The van der Waals surface area contributed by atoms with Crippen LogP contribution >= 0.6 is 11.3 Å². The quantitative estimate of drug-likeness (QED) is 0.660. The second kappa shape index (κ2) is 2.94. The van der Waals surface area contributed by atoms with Gasteiger partial charge in [0.2, 0.25) is 0 Å². The van der Waals surface area contributed by atoms with Gasteiger partial charge in [0.25, 0.3) is 0 Å². The number of rotatable bonds is 1. The number of hydrogen-bond acceptors (Lipinski definition) is 5. The van der Waals surface area contributed by atoms with Gasteiger partial charge in [0.1, 0.15) is 11.2 Å². The van der Waals surface area contributed by atoms with Crippen LogP contribution in [0.4, 0.5) is 0 Å². The Labute approximate surface area is 73.3 Å². The minimum atomic E-state index is 0.789. The van der Waals surface area contributed by atoms with Gasteiger partial charge in [0.15, 0.2) is 5.01 Å². The first-order chi connectivity index (χ1) is 5.86. The van der Waals surface area contributed by atoms with Gasteiger partial charge in [0.05, 0.1) is 11.9 Å². The Morgan fingerprint density at radius 1 is 1.33 bits per heavy atom. The second-order valence-corrected chi connectivity index (χ2v) is 3.12. The zero-order chi connectivity index (χ0) is 8.39. The highest BCUT2D eigenvalue weighted by molar-refractivity contribution is 7.12. The lowest BCUT2D eigenvalue weighted by Crippen LogP contribution is -1.87. The lowest BCUT2D eigenvalue weighted by atomic mass is 10.4. The van der Waals surface area contributed by atoms with E-state index in [1.54, 1.807) is 17.9 Å². The molecule has 0 bridgehead atoms. The average molecular weight is 178 g/mol. The van der Waals surface area contributed by atoms with E-state index in [1.165, 1.54) is 11.3 Å². The summed E-state index contributed by atoms with van der Waals surface area (Å²) in [4.78, 5) is 8.28. The summed E-state index contributed by atoms with van der Waals surface area (Å²) in [5.74, 6) is 0. The molecule has 2 aromatic heterocycles. The molecule has 2 heterocycles. The van der Waals surface area contributed by atoms with Crippen molar-refractivity contribution in [2.45, 2.75) is 6.92 Å². The van der Waals surface area contributed by atoms with Crippen LogP contribution in [-0.2, 0) is 0 Å². The lowest BCUT2D eigenvalue weighted by molar-refractivity contribution is 1.06. The van der Waals surface area contributed by atoms with Crippen molar-refractivity contribution in [2.75, 3.05) is 0 Å². The van der Waals surface area contributed by atoms with Gasteiger partial charge in [0, 0.05) is 6.20 Å². The molecule has 5 heteroatoms. The van der Waals surface area contributed by atoms with Crippen LogP contribution < -0.4 is 0 Å². The van der Waals surface area contributed by atoms with Crippen LogP contribution in [0.1, 0.15) is 5.69 Å². The molecule has 2 rings (SSSR count). The molecule has 0 saturated carbocycles. The van der Waals surface area contributed by atoms with E-state index in [1.807, 2.05) is 6.92 Å². The standard InChI is InChI=1S/C7H6N4S/c1-5-2-8-3-6(10-5)7-11-9-4-12-7/h2-4H,1H3. The maximum Gasteiger partial charge on any atom is 0.167 e. The highest BCUT2D eigenvalue weighted by Gasteiger charge is 2.02. The van der Waals surface area contributed by atoms with Crippen molar-refractivity contribution in [1.82, 2.24) is 20.2 Å². The summed E-state index contributed by atoms with van der Waals surface area (Å²) in [6, 6.07) is 0. The van der Waals surface area contributed by atoms with Crippen LogP contribution in [-0.4, -0.2) is 20.2 Å². The molecule has 0 N–H and O–H groups in total. The Balaban J connectivity index is 2.48. The van der Waals surface area contributed by atoms with Crippen LogP contribution in [0.2, 0.25) is 0 Å². The topological polar surface area (TPSA) is 51.6 Å². The minimum absolute atomic E-state index is 0.789. The monoisotopic (exact) mass is 178 g/mol. The van der Waals surface area contributed by atoms with Crippen molar-refractivity contribution >= 4 is 11.3 Å². The largest absolute Gasteiger partial charge is 0.260 e. The van der Waals surface area contributed by atoms with Crippen molar-refractivity contribution in [3.05, 3.63) is 23.6 Å². The third-order valence-corrected chi connectivity index (χ3v) is 2.05. The van der Waals surface area contributed by atoms with Crippen molar-refractivity contribution in [3.63, 3.8) is 0 Å². The molecular weight excluding hydrogens is 172 g/mol. The first-order valence-corrected chi connectivity index (χ1v) is 4.29. The van der Waals surface area contributed by atoms with Gasteiger partial charge >= 0.3 is 0 Å². The molecule has 0 aliphatic carbocycles. The van der Waals surface area contributed by atoms with E-state index in [2.05, 4.69) is 20.2 Å². The first-order valence-electron chi connectivity index (χ1n) is 3.41. The zero-order valence-electron chi connectivity index (χ0n) is 6.43. The average Bonchev–Trinajstić information content (AvgIpc) is 2.56. The van der Waals surface area contributed by atoms with Crippen molar-refractivity contribution in [3.8, 4) is 10.7 Å². The summed E-state index contributed by atoms with van der Waals surface area (Å²) in [5.41, 5.74) is 3.36. The van der Waals surface area contributed by atoms with E-state index in [9.17, 15) is 0 Å². The van der Waals surface area contributed by atoms with E-state index < -0.39 is 0 Å². The Hall–Kier alpha value is -1.36. The van der Waals surface area contributed by atoms with Gasteiger partial charge in [-0.15, -0.1) is 10.2 Å². The first kappa shape index (κ1) is 7.30. The molecule has 12 heavy (non-hydrogen) atoms. The SMILES string of the molecule is Cc1cncc(-c2nncs2)n1. The van der Waals surface area contributed by atoms with Gasteiger partial charge in [-0.1, -0.05) is 11.3 Å². The Kier molecular flexibility index (Phi) is 1.79. The van der Waals surface area contributed by atoms with Crippen LogP contribution in [0, 0.1) is 6.92 Å². The predicted molar refractivity (Wildman–Crippen MR) is 45.7 cm³/mol. The highest BCUT2D eigenvalue weighted by Crippen LogP contribution is 2.16. The summed E-state index contributed by atoms with van der Waals surface area (Å²) in [5, 5.41) is 8.43. The van der Waals surface area contributed by atoms with Gasteiger partial charge in [-0.3, -0.25) is 4.98 Å². The second-order valence-electron chi connectivity index (χ2n) is 2.29. The third-order valence-electron chi connectivity index (χ3n) is 1.33. The van der Waals surface area contributed by atoms with Gasteiger partial charge in [-0.2, -0.15) is 0 Å². The fourth-order valence-electron chi connectivity index (χ4n) is 0.851. The summed E-state index contributed by atoms with van der Waals surface area (Å²) in [6.07, 6.45) is 3.40. The normalized spacial score (nSPS) is 10.1. The molecule has 4 nitrogen and oxygen atoms in total. The van der Waals surface area contributed by atoms with E-state index in [4.69, 9.17) is 0 Å². The molecule has 0 saturated heterocycles. The van der Waals surface area contributed by atoms with E-state index >= 15 is 0 Å². The minimum Gasteiger partial charge on any atom is -0.260 e. The fourth-order valence-corrected chi connectivity index (χ4v) is 1.36. The molecule has 0 atom stereocenters. The molecule has 0 unspecified atom stereocenters. The van der Waals surface area contributed by atoms with Crippen molar-refractivity contribution < 1.29 is 0 Å². The van der Waals surface area contributed by atoms with Gasteiger partial charge < -0.3 is 0 Å². The smallest absolute Gasteiger partial charge is 0.167 e. The maximum atomic E-state index is 4.26. The van der Waals surface area contributed by atoms with Crippen molar-refractivity contribution in [2.24, 2.45) is 0 Å². The predicted octanol–water partition coefficient (Wildman–Crippen LogP) is 1.30. The maximum absolute atomic E-state index is 4.26.